The van der Waals surface area contributed by atoms with Gasteiger partial charge in [-0.1, -0.05) is 11.6 Å². The monoisotopic (exact) mass is 170 g/mol. The minimum absolute atomic E-state index is 0.0419. The fourth-order valence-corrected chi connectivity index (χ4v) is 1.54. The lowest BCUT2D eigenvalue weighted by Crippen LogP contribution is -2.23. The molecule has 0 radical (unpaired) electrons. The van der Waals surface area contributed by atoms with Crippen LogP contribution in [0.3, 0.4) is 0 Å². The van der Waals surface area contributed by atoms with Gasteiger partial charge in [0, 0.05) is 6.42 Å². The Labute approximate surface area is 71.7 Å². The third kappa shape index (κ3) is 2.34. The summed E-state index contributed by atoms with van der Waals surface area (Å²) < 4.78 is 0. The van der Waals surface area contributed by atoms with Crippen molar-refractivity contribution in [1.29, 1.82) is 0 Å². The molecule has 0 amide bonds. The number of aliphatic carboxylic acids is 1. The molecule has 1 aliphatic rings. The molecule has 68 valence electrons. The number of hydrogen-bond donors (Lipinski definition) is 2. The number of rotatable bonds is 3. The highest BCUT2D eigenvalue weighted by molar-refractivity contribution is 5.66. The normalized spacial score (nSPS) is 28.7. The molecule has 3 nitrogen and oxygen atoms in total. The number of carboxylic acid groups (broad SMARTS) is 1. The molecule has 0 fully saturated rings. The van der Waals surface area contributed by atoms with Crippen LogP contribution in [-0.2, 0) is 4.79 Å². The van der Waals surface area contributed by atoms with E-state index >= 15 is 0 Å². The Morgan fingerprint density at radius 1 is 1.75 bits per heavy atom. The summed E-state index contributed by atoms with van der Waals surface area (Å²) in [6, 6.07) is 0. The van der Waals surface area contributed by atoms with Crippen LogP contribution in [0, 0.1) is 0 Å². The molecule has 3 heteroatoms. The quantitative estimate of drug-likeness (QED) is 0.628. The number of carbonyl (C=O) groups is 1. The topological polar surface area (TPSA) is 57.5 Å². The predicted octanol–water partition coefficient (Wildman–Crippen LogP) is 1.32. The largest absolute Gasteiger partial charge is 0.481 e. The van der Waals surface area contributed by atoms with Gasteiger partial charge in [0.2, 0.25) is 0 Å². The van der Waals surface area contributed by atoms with Crippen molar-refractivity contribution >= 4 is 5.97 Å². The van der Waals surface area contributed by atoms with Crippen molar-refractivity contribution in [3.05, 3.63) is 11.6 Å². The maximum absolute atomic E-state index is 10.2. The first-order valence-corrected chi connectivity index (χ1v) is 4.14. The van der Waals surface area contributed by atoms with E-state index in [4.69, 9.17) is 5.11 Å². The van der Waals surface area contributed by atoms with E-state index in [0.717, 1.165) is 12.0 Å². The first-order chi connectivity index (χ1) is 5.52. The average molecular weight is 170 g/mol. The van der Waals surface area contributed by atoms with E-state index in [0.29, 0.717) is 12.8 Å². The second-order valence-corrected chi connectivity index (χ2v) is 3.49. The van der Waals surface area contributed by atoms with E-state index in [1.165, 1.54) is 0 Å². The zero-order chi connectivity index (χ0) is 9.19. The van der Waals surface area contributed by atoms with Crippen LogP contribution in [0.15, 0.2) is 11.6 Å². The predicted molar refractivity (Wildman–Crippen MR) is 44.8 cm³/mol. The van der Waals surface area contributed by atoms with E-state index in [9.17, 15) is 9.90 Å². The Hall–Kier alpha value is -0.830. The summed E-state index contributed by atoms with van der Waals surface area (Å²) in [5.41, 5.74) is 0.311. The second kappa shape index (κ2) is 3.27. The number of hydrogen-bond acceptors (Lipinski definition) is 2. The molecule has 12 heavy (non-hydrogen) atoms. The Bertz CT molecular complexity index is 220. The molecule has 1 rings (SSSR count). The van der Waals surface area contributed by atoms with Crippen LogP contribution >= 0.6 is 0 Å². The van der Waals surface area contributed by atoms with E-state index < -0.39 is 11.6 Å². The Morgan fingerprint density at radius 2 is 2.42 bits per heavy atom. The molecular formula is C9H14O3. The van der Waals surface area contributed by atoms with Crippen LogP contribution in [0.2, 0.25) is 0 Å². The maximum atomic E-state index is 10.2. The Balaban J connectivity index is 2.46. The highest BCUT2D eigenvalue weighted by Gasteiger charge is 2.29. The minimum Gasteiger partial charge on any atom is -0.481 e. The minimum atomic E-state index is -0.846. The van der Waals surface area contributed by atoms with Crippen molar-refractivity contribution in [3.8, 4) is 0 Å². The van der Waals surface area contributed by atoms with Gasteiger partial charge in [-0.15, -0.1) is 0 Å². The lowest BCUT2D eigenvalue weighted by molar-refractivity contribution is -0.138. The molecule has 0 aromatic rings. The van der Waals surface area contributed by atoms with Gasteiger partial charge in [-0.05, 0) is 26.2 Å². The summed E-state index contributed by atoms with van der Waals surface area (Å²) in [5.74, 6) is -0.846. The molecule has 0 saturated heterocycles. The SMILES string of the molecule is CC1=CC(O)(CCC(=O)O)CC1. The van der Waals surface area contributed by atoms with Crippen molar-refractivity contribution in [1.82, 2.24) is 0 Å². The summed E-state index contributed by atoms with van der Waals surface area (Å²) in [5, 5.41) is 18.2. The molecule has 0 aliphatic heterocycles. The van der Waals surface area contributed by atoms with Crippen molar-refractivity contribution in [2.75, 3.05) is 0 Å². The molecular weight excluding hydrogens is 156 g/mol. The number of aliphatic hydroxyl groups is 1. The molecule has 0 aromatic heterocycles. The number of carboxylic acids is 1. The van der Waals surface area contributed by atoms with Crippen LogP contribution < -0.4 is 0 Å². The van der Waals surface area contributed by atoms with E-state index in [1.807, 2.05) is 6.92 Å². The molecule has 1 unspecified atom stereocenters. The first-order valence-electron chi connectivity index (χ1n) is 4.14. The van der Waals surface area contributed by atoms with Gasteiger partial charge in [-0.25, -0.2) is 0 Å². The fraction of sp³-hybridized carbons (Fsp3) is 0.667. The third-order valence-corrected chi connectivity index (χ3v) is 2.24. The Morgan fingerprint density at radius 3 is 2.83 bits per heavy atom. The van der Waals surface area contributed by atoms with Crippen LogP contribution in [0.4, 0.5) is 0 Å². The molecule has 0 saturated carbocycles. The first kappa shape index (κ1) is 9.26. The highest BCUT2D eigenvalue weighted by Crippen LogP contribution is 2.31. The fourth-order valence-electron chi connectivity index (χ4n) is 1.54. The summed E-state index contributed by atoms with van der Waals surface area (Å²) in [6.07, 6.45) is 3.72. The summed E-state index contributed by atoms with van der Waals surface area (Å²) in [4.78, 5) is 10.2. The van der Waals surface area contributed by atoms with Gasteiger partial charge in [0.05, 0.1) is 5.60 Å². The van der Waals surface area contributed by atoms with Gasteiger partial charge in [0.1, 0.15) is 0 Å². The van der Waals surface area contributed by atoms with Crippen LogP contribution in [0.25, 0.3) is 0 Å². The van der Waals surface area contributed by atoms with Gasteiger partial charge < -0.3 is 10.2 Å². The van der Waals surface area contributed by atoms with Gasteiger partial charge in [0.25, 0.3) is 0 Å². The van der Waals surface area contributed by atoms with E-state index in [1.54, 1.807) is 6.08 Å². The standard InChI is InChI=1S/C9H14O3/c1-7-2-4-9(12,6-7)5-3-8(10)11/h6,12H,2-5H2,1H3,(H,10,11). The summed E-state index contributed by atoms with van der Waals surface area (Å²) in [7, 11) is 0. The van der Waals surface area contributed by atoms with Crippen LogP contribution in [0.5, 0.6) is 0 Å². The zero-order valence-corrected chi connectivity index (χ0v) is 7.21. The molecule has 0 bridgehead atoms. The average Bonchev–Trinajstić information content (AvgIpc) is 2.29. The van der Waals surface area contributed by atoms with E-state index in [2.05, 4.69) is 0 Å². The lowest BCUT2D eigenvalue weighted by atomic mass is 9.97. The molecule has 1 atom stereocenters. The van der Waals surface area contributed by atoms with Gasteiger partial charge in [0.15, 0.2) is 0 Å². The van der Waals surface area contributed by atoms with Gasteiger partial charge in [-0.2, -0.15) is 0 Å². The Kier molecular flexibility index (Phi) is 2.52. The van der Waals surface area contributed by atoms with Gasteiger partial charge in [-0.3, -0.25) is 4.79 Å². The van der Waals surface area contributed by atoms with Gasteiger partial charge >= 0.3 is 5.97 Å². The number of allylic oxidation sites excluding steroid dienone is 1. The zero-order valence-electron chi connectivity index (χ0n) is 7.21. The van der Waals surface area contributed by atoms with Crippen LogP contribution in [-0.4, -0.2) is 21.8 Å². The molecule has 1 aliphatic carbocycles. The maximum Gasteiger partial charge on any atom is 0.303 e. The van der Waals surface area contributed by atoms with Crippen molar-refractivity contribution in [2.24, 2.45) is 0 Å². The van der Waals surface area contributed by atoms with Crippen molar-refractivity contribution < 1.29 is 15.0 Å². The second-order valence-electron chi connectivity index (χ2n) is 3.49. The van der Waals surface area contributed by atoms with Crippen molar-refractivity contribution in [3.63, 3.8) is 0 Å². The van der Waals surface area contributed by atoms with Crippen LogP contribution in [0.1, 0.15) is 32.6 Å². The van der Waals surface area contributed by atoms with Crippen molar-refractivity contribution in [2.45, 2.75) is 38.2 Å². The third-order valence-electron chi connectivity index (χ3n) is 2.24. The highest BCUT2D eigenvalue weighted by atomic mass is 16.4. The molecule has 0 aromatic carbocycles. The smallest absolute Gasteiger partial charge is 0.303 e. The molecule has 0 heterocycles. The van der Waals surface area contributed by atoms with E-state index in [-0.39, 0.29) is 6.42 Å². The molecule has 2 N–H and O–H groups in total. The molecule has 0 spiro atoms. The lowest BCUT2D eigenvalue weighted by Gasteiger charge is -2.18. The summed E-state index contributed by atoms with van der Waals surface area (Å²) >= 11 is 0. The summed E-state index contributed by atoms with van der Waals surface area (Å²) in [6.45, 7) is 1.96.